The van der Waals surface area contributed by atoms with Crippen molar-refractivity contribution in [2.75, 3.05) is 16.8 Å². The lowest BCUT2D eigenvalue weighted by molar-refractivity contribution is -0.122. The van der Waals surface area contributed by atoms with Gasteiger partial charge in [-0.3, -0.25) is 14.5 Å². The van der Waals surface area contributed by atoms with Crippen molar-refractivity contribution in [3.05, 3.63) is 59.7 Å². The zero-order chi connectivity index (χ0) is 20.5. The number of nitrogens with one attached hydrogen (secondary N) is 1. The minimum Gasteiger partial charge on any atom is -0.441 e. The predicted octanol–water partition coefficient (Wildman–Crippen LogP) is 3.24. The number of amides is 2. The second-order valence-electron chi connectivity index (χ2n) is 6.60. The number of oxazole rings is 1. The minimum absolute atomic E-state index is 0.0220. The lowest BCUT2D eigenvalue weighted by Gasteiger charge is -2.28. The Hall–Kier alpha value is -3.62. The predicted molar refractivity (Wildman–Crippen MR) is 100 cm³/mol. The second-order valence-corrected chi connectivity index (χ2v) is 6.60. The van der Waals surface area contributed by atoms with E-state index in [1.165, 1.54) is 17.2 Å². The van der Waals surface area contributed by atoms with E-state index in [4.69, 9.17) is 4.42 Å². The van der Waals surface area contributed by atoms with E-state index >= 15 is 0 Å². The molecule has 1 aromatic carbocycles. The molecule has 2 aromatic heterocycles. The molecule has 0 saturated heterocycles. The van der Waals surface area contributed by atoms with E-state index in [0.717, 1.165) is 17.7 Å². The zero-order valence-electron chi connectivity index (χ0n) is 15.4. The van der Waals surface area contributed by atoms with Crippen molar-refractivity contribution >= 4 is 23.3 Å². The van der Waals surface area contributed by atoms with Gasteiger partial charge in [0.1, 0.15) is 18.2 Å². The number of benzene rings is 1. The molecule has 3 heterocycles. The Morgan fingerprint density at radius 1 is 1.28 bits per heavy atom. The Morgan fingerprint density at radius 3 is 2.90 bits per heavy atom. The van der Waals surface area contributed by atoms with Gasteiger partial charge in [0, 0.05) is 25.1 Å². The van der Waals surface area contributed by atoms with Gasteiger partial charge in [0.25, 0.3) is 0 Å². The van der Waals surface area contributed by atoms with E-state index in [2.05, 4.69) is 15.3 Å². The number of hydrogen-bond donors (Lipinski definition) is 1. The number of fused-ring (bicyclic) bond motifs is 1. The summed E-state index contributed by atoms with van der Waals surface area (Å²) >= 11 is 0. The molecule has 2 amide bonds. The molecule has 1 N–H and O–H groups in total. The summed E-state index contributed by atoms with van der Waals surface area (Å²) in [4.78, 5) is 34.2. The number of rotatable bonds is 4. The largest absolute Gasteiger partial charge is 0.441 e. The lowest BCUT2D eigenvalue weighted by Crippen LogP contribution is -2.43. The van der Waals surface area contributed by atoms with Crippen molar-refractivity contribution < 1.29 is 22.8 Å². The summed E-state index contributed by atoms with van der Waals surface area (Å²) in [5, 5.41) is 2.73. The monoisotopic (exact) mass is 398 g/mol. The molecule has 0 saturated carbocycles. The maximum absolute atomic E-state index is 13.9. The molecular weight excluding hydrogens is 382 g/mol. The fourth-order valence-corrected chi connectivity index (χ4v) is 3.10. The summed E-state index contributed by atoms with van der Waals surface area (Å²) in [6.07, 6.45) is 3.07. The van der Waals surface area contributed by atoms with E-state index in [1.54, 1.807) is 12.3 Å². The Kier molecular flexibility index (Phi) is 4.79. The van der Waals surface area contributed by atoms with Crippen LogP contribution in [-0.4, -0.2) is 28.3 Å². The summed E-state index contributed by atoms with van der Waals surface area (Å²) in [5.74, 6) is -1.29. The minimum atomic E-state index is -0.763. The van der Waals surface area contributed by atoms with Crippen LogP contribution in [0.1, 0.15) is 17.9 Å². The molecule has 1 aliphatic rings. The second kappa shape index (κ2) is 7.42. The number of carbonyl (C=O) groups is 2. The standard InChI is InChI=1S/C20H16F2N4O3/c1-11-6-7-23-20-19(11)25-16(27)10-26(20)18(28)5-4-17-24-9-15(29-17)13-3-2-12(21)8-14(13)22/h2-3,6-9H,4-5,10H2,1H3,(H,25,27). The van der Waals surface area contributed by atoms with Gasteiger partial charge in [-0.2, -0.15) is 0 Å². The van der Waals surface area contributed by atoms with Crippen molar-refractivity contribution in [3.8, 4) is 11.3 Å². The van der Waals surface area contributed by atoms with Gasteiger partial charge in [-0.25, -0.2) is 18.7 Å². The summed E-state index contributed by atoms with van der Waals surface area (Å²) in [6.45, 7) is 1.69. The van der Waals surface area contributed by atoms with Crippen molar-refractivity contribution in [1.29, 1.82) is 0 Å². The molecule has 0 aliphatic carbocycles. The normalized spacial score (nSPS) is 13.2. The molecule has 148 valence electrons. The van der Waals surface area contributed by atoms with Crippen LogP contribution in [0.5, 0.6) is 0 Å². The average Bonchev–Trinajstić information content (AvgIpc) is 3.15. The number of anilines is 2. The Labute approximate surface area is 164 Å². The molecule has 4 rings (SSSR count). The number of carbonyl (C=O) groups excluding carboxylic acids is 2. The van der Waals surface area contributed by atoms with Crippen LogP contribution in [-0.2, 0) is 16.0 Å². The highest BCUT2D eigenvalue weighted by Crippen LogP contribution is 2.30. The van der Waals surface area contributed by atoms with Gasteiger partial charge in [-0.1, -0.05) is 0 Å². The highest BCUT2D eigenvalue weighted by atomic mass is 19.1. The van der Waals surface area contributed by atoms with Gasteiger partial charge >= 0.3 is 0 Å². The quantitative estimate of drug-likeness (QED) is 0.729. The van der Waals surface area contributed by atoms with Crippen LogP contribution < -0.4 is 10.2 Å². The smallest absolute Gasteiger partial charge is 0.244 e. The fourth-order valence-electron chi connectivity index (χ4n) is 3.10. The van der Waals surface area contributed by atoms with Crippen LogP contribution in [0.2, 0.25) is 0 Å². The summed E-state index contributed by atoms with van der Waals surface area (Å²) in [7, 11) is 0. The first-order chi connectivity index (χ1) is 13.9. The molecule has 0 fully saturated rings. The highest BCUT2D eigenvalue weighted by molar-refractivity contribution is 6.09. The maximum Gasteiger partial charge on any atom is 0.244 e. The molecule has 0 atom stereocenters. The molecular formula is C20H16F2N4O3. The van der Waals surface area contributed by atoms with Crippen LogP contribution in [0.25, 0.3) is 11.3 Å². The van der Waals surface area contributed by atoms with Crippen molar-refractivity contribution in [1.82, 2.24) is 9.97 Å². The lowest BCUT2D eigenvalue weighted by atomic mass is 10.1. The first-order valence-electron chi connectivity index (χ1n) is 8.88. The molecule has 29 heavy (non-hydrogen) atoms. The van der Waals surface area contributed by atoms with Gasteiger partial charge in [0.05, 0.1) is 17.4 Å². The Bertz CT molecular complexity index is 1110. The zero-order valence-corrected chi connectivity index (χ0v) is 15.4. The van der Waals surface area contributed by atoms with Gasteiger partial charge in [0.2, 0.25) is 11.8 Å². The van der Waals surface area contributed by atoms with Crippen LogP contribution in [0.4, 0.5) is 20.3 Å². The van der Waals surface area contributed by atoms with Crippen LogP contribution in [0, 0.1) is 18.6 Å². The van der Waals surface area contributed by atoms with Gasteiger partial charge < -0.3 is 9.73 Å². The van der Waals surface area contributed by atoms with Gasteiger partial charge in [-0.05, 0) is 30.7 Å². The summed E-state index contributed by atoms with van der Waals surface area (Å²) in [5.41, 5.74) is 1.40. The third-order valence-electron chi connectivity index (χ3n) is 4.57. The van der Waals surface area contributed by atoms with E-state index in [9.17, 15) is 18.4 Å². The maximum atomic E-state index is 13.9. The third-order valence-corrected chi connectivity index (χ3v) is 4.57. The van der Waals surface area contributed by atoms with Gasteiger partial charge in [0.15, 0.2) is 17.5 Å². The first-order valence-corrected chi connectivity index (χ1v) is 8.88. The molecule has 7 nitrogen and oxygen atoms in total. The van der Waals surface area contributed by atoms with Crippen molar-refractivity contribution in [3.63, 3.8) is 0 Å². The molecule has 0 bridgehead atoms. The van der Waals surface area contributed by atoms with E-state index in [0.29, 0.717) is 11.5 Å². The molecule has 1 aliphatic heterocycles. The molecule has 0 unspecified atom stereocenters. The van der Waals surface area contributed by atoms with E-state index in [-0.39, 0.29) is 48.4 Å². The number of aryl methyl sites for hydroxylation is 2. The number of aromatic nitrogens is 2. The van der Waals surface area contributed by atoms with Crippen LogP contribution in [0.15, 0.2) is 41.1 Å². The first kappa shape index (κ1) is 18.7. The van der Waals surface area contributed by atoms with Crippen molar-refractivity contribution in [2.24, 2.45) is 0 Å². The molecule has 3 aromatic rings. The Morgan fingerprint density at radius 2 is 2.10 bits per heavy atom. The van der Waals surface area contributed by atoms with E-state index in [1.807, 2.05) is 6.92 Å². The number of halogens is 2. The fraction of sp³-hybridized carbons (Fsp3) is 0.200. The average molecular weight is 398 g/mol. The van der Waals surface area contributed by atoms with Crippen molar-refractivity contribution in [2.45, 2.75) is 19.8 Å². The number of hydrogen-bond acceptors (Lipinski definition) is 5. The number of pyridine rings is 1. The summed E-state index contributed by atoms with van der Waals surface area (Å²) < 4.78 is 32.4. The highest BCUT2D eigenvalue weighted by Gasteiger charge is 2.29. The summed E-state index contributed by atoms with van der Waals surface area (Å²) in [6, 6.07) is 4.89. The SMILES string of the molecule is Cc1ccnc2c1NC(=O)CN2C(=O)CCc1ncc(-c2ccc(F)cc2F)o1. The third kappa shape index (κ3) is 3.71. The van der Waals surface area contributed by atoms with Gasteiger partial charge in [-0.15, -0.1) is 0 Å². The topological polar surface area (TPSA) is 88.3 Å². The van der Waals surface area contributed by atoms with Crippen LogP contribution >= 0.6 is 0 Å². The van der Waals surface area contributed by atoms with E-state index < -0.39 is 11.6 Å². The molecule has 0 spiro atoms. The number of nitrogens with zero attached hydrogens (tertiary/aromatic N) is 3. The Balaban J connectivity index is 1.48. The van der Waals surface area contributed by atoms with Crippen LogP contribution in [0.3, 0.4) is 0 Å². The molecule has 0 radical (unpaired) electrons. The molecule has 9 heteroatoms.